The number of unbranched alkanes of at least 4 members (excludes halogenated alkanes) is 40. The van der Waals surface area contributed by atoms with Gasteiger partial charge in [0.2, 0.25) is 5.91 Å². The summed E-state index contributed by atoms with van der Waals surface area (Å²) in [5.74, 6) is -0.102. The van der Waals surface area contributed by atoms with Crippen LogP contribution in [0.25, 0.3) is 0 Å². The van der Waals surface area contributed by atoms with Gasteiger partial charge in [0, 0.05) is 12.8 Å². The molecule has 0 saturated carbocycles. The highest BCUT2D eigenvalue weighted by Gasteiger charge is 2.18. The highest BCUT2D eigenvalue weighted by Crippen LogP contribution is 2.17. The third kappa shape index (κ3) is 49.8. The summed E-state index contributed by atoms with van der Waals surface area (Å²) in [6, 6.07) is -0.640. The summed E-state index contributed by atoms with van der Waals surface area (Å²) in [7, 11) is 0. The molecule has 0 rings (SSSR count). The normalized spacial score (nSPS) is 12.8. The van der Waals surface area contributed by atoms with Crippen LogP contribution in [0, 0.1) is 0 Å². The maximum absolute atomic E-state index is 12.5. The van der Waals surface area contributed by atoms with Crippen LogP contribution >= 0.6 is 0 Å². The van der Waals surface area contributed by atoms with Crippen LogP contribution in [0.5, 0.6) is 0 Å². The fraction of sp³-hybridized carbons (Fsp3) is 0.897. The molecule has 2 unspecified atom stereocenters. The Bertz CT molecular complexity index is 997. The summed E-state index contributed by atoms with van der Waals surface area (Å²) >= 11 is 0. The fourth-order valence-corrected chi connectivity index (χ4v) is 8.81. The van der Waals surface area contributed by atoms with E-state index in [0.29, 0.717) is 19.4 Å². The van der Waals surface area contributed by atoms with Crippen LogP contribution < -0.4 is 5.32 Å². The molecule has 3 N–H and O–H groups in total. The molecular weight excluding hydrogens is 791 g/mol. The Morgan fingerprint density at radius 1 is 0.422 bits per heavy atom. The standard InChI is InChI=1S/C58H111NO5/c1-3-5-7-9-11-13-15-17-18-19-20-21-22-23-24-25-26-27-30-34-38-42-46-50-56(61)55(54-60)59-57(62)51-47-43-39-35-31-28-29-33-37-41-45-49-53-64-58(63)52-48-44-40-36-32-16-14-12-10-8-6-4-2/h12,14,46,50,55-56,60-61H,3-11,13,15-45,47-49,51-54H2,1-2H3,(H,59,62)/b14-12-,50-46+. The number of aliphatic hydroxyl groups excluding tert-OH is 2. The predicted molar refractivity (Wildman–Crippen MR) is 278 cm³/mol. The van der Waals surface area contributed by atoms with Crippen molar-refractivity contribution in [1.82, 2.24) is 5.32 Å². The van der Waals surface area contributed by atoms with E-state index >= 15 is 0 Å². The van der Waals surface area contributed by atoms with Crippen LogP contribution in [0.2, 0.25) is 0 Å². The number of nitrogens with one attached hydrogen (secondary N) is 1. The minimum absolute atomic E-state index is 0.0204. The molecule has 0 aromatic heterocycles. The van der Waals surface area contributed by atoms with E-state index in [0.717, 1.165) is 57.8 Å². The average molecular weight is 903 g/mol. The van der Waals surface area contributed by atoms with Gasteiger partial charge in [-0.2, -0.15) is 0 Å². The number of carbonyl (C=O) groups excluding carboxylic acids is 2. The van der Waals surface area contributed by atoms with Gasteiger partial charge in [-0.1, -0.05) is 263 Å². The molecule has 64 heavy (non-hydrogen) atoms. The monoisotopic (exact) mass is 902 g/mol. The van der Waals surface area contributed by atoms with E-state index < -0.39 is 12.1 Å². The van der Waals surface area contributed by atoms with Gasteiger partial charge in [0.05, 0.1) is 25.4 Å². The molecule has 0 aliphatic rings. The minimum Gasteiger partial charge on any atom is -0.466 e. The summed E-state index contributed by atoms with van der Waals surface area (Å²) in [5, 5.41) is 23.2. The summed E-state index contributed by atoms with van der Waals surface area (Å²) in [5.41, 5.74) is 0. The van der Waals surface area contributed by atoms with Crippen molar-refractivity contribution in [2.24, 2.45) is 0 Å². The van der Waals surface area contributed by atoms with E-state index in [-0.39, 0.29) is 18.5 Å². The van der Waals surface area contributed by atoms with Gasteiger partial charge in [-0.3, -0.25) is 9.59 Å². The quantitative estimate of drug-likeness (QED) is 0.0321. The summed E-state index contributed by atoms with van der Waals surface area (Å²) in [6.45, 7) is 4.86. The first-order valence-electron chi connectivity index (χ1n) is 28.6. The van der Waals surface area contributed by atoms with Crippen molar-refractivity contribution < 1.29 is 24.5 Å². The van der Waals surface area contributed by atoms with Gasteiger partial charge in [0.15, 0.2) is 0 Å². The van der Waals surface area contributed by atoms with Gasteiger partial charge in [-0.15, -0.1) is 0 Å². The molecule has 6 heteroatoms. The summed E-state index contributed by atoms with van der Waals surface area (Å²) < 4.78 is 5.45. The van der Waals surface area contributed by atoms with Crippen LogP contribution in [-0.4, -0.2) is 47.4 Å². The molecular formula is C58H111NO5. The van der Waals surface area contributed by atoms with Crippen molar-refractivity contribution in [3.8, 4) is 0 Å². The summed E-state index contributed by atoms with van der Waals surface area (Å²) in [6.07, 6.45) is 64.8. The van der Waals surface area contributed by atoms with Crippen molar-refractivity contribution in [1.29, 1.82) is 0 Å². The molecule has 0 aromatic carbocycles. The Kier molecular flexibility index (Phi) is 52.6. The molecule has 0 fully saturated rings. The second-order valence-corrected chi connectivity index (χ2v) is 19.6. The molecule has 1 amide bonds. The van der Waals surface area contributed by atoms with Crippen LogP contribution in [0.1, 0.15) is 309 Å². The highest BCUT2D eigenvalue weighted by molar-refractivity contribution is 5.76. The first-order chi connectivity index (χ1) is 31.5. The van der Waals surface area contributed by atoms with E-state index in [1.807, 2.05) is 6.08 Å². The minimum atomic E-state index is -0.856. The molecule has 0 radical (unpaired) electrons. The van der Waals surface area contributed by atoms with Gasteiger partial charge in [0.25, 0.3) is 0 Å². The smallest absolute Gasteiger partial charge is 0.305 e. The molecule has 0 bridgehead atoms. The van der Waals surface area contributed by atoms with E-state index in [2.05, 4.69) is 31.3 Å². The van der Waals surface area contributed by atoms with E-state index in [9.17, 15) is 19.8 Å². The first kappa shape index (κ1) is 62.3. The van der Waals surface area contributed by atoms with Crippen molar-refractivity contribution in [2.45, 2.75) is 321 Å². The second kappa shape index (κ2) is 54.0. The Morgan fingerprint density at radius 3 is 1.14 bits per heavy atom. The van der Waals surface area contributed by atoms with Gasteiger partial charge in [0.1, 0.15) is 0 Å². The number of esters is 1. The second-order valence-electron chi connectivity index (χ2n) is 19.6. The molecule has 0 aliphatic heterocycles. The predicted octanol–water partition coefficient (Wildman–Crippen LogP) is 17.5. The zero-order chi connectivity index (χ0) is 46.5. The van der Waals surface area contributed by atoms with Gasteiger partial charge >= 0.3 is 5.97 Å². The zero-order valence-corrected chi connectivity index (χ0v) is 43.0. The SMILES string of the molecule is CCCCC/C=C\CCCCCCCC(=O)OCCCCCCCCCCCCCCC(=O)NC(CO)C(O)/C=C/CCCCCCCCCCCCCCCCCCCCCCC. The lowest BCUT2D eigenvalue weighted by Gasteiger charge is -2.20. The van der Waals surface area contributed by atoms with Crippen molar-refractivity contribution in [3.05, 3.63) is 24.3 Å². The third-order valence-corrected chi connectivity index (χ3v) is 13.2. The van der Waals surface area contributed by atoms with E-state index in [1.54, 1.807) is 6.08 Å². The van der Waals surface area contributed by atoms with Crippen molar-refractivity contribution in [2.75, 3.05) is 13.2 Å². The first-order valence-corrected chi connectivity index (χ1v) is 28.6. The summed E-state index contributed by atoms with van der Waals surface area (Å²) in [4.78, 5) is 24.5. The van der Waals surface area contributed by atoms with Gasteiger partial charge < -0.3 is 20.3 Å². The molecule has 6 nitrogen and oxygen atoms in total. The molecule has 0 aromatic rings. The Hall–Kier alpha value is -1.66. The van der Waals surface area contributed by atoms with Crippen LogP contribution in [-0.2, 0) is 14.3 Å². The largest absolute Gasteiger partial charge is 0.466 e. The Labute approximate surface area is 399 Å². The molecule has 378 valence electrons. The Balaban J connectivity index is 3.50. The number of amides is 1. The lowest BCUT2D eigenvalue weighted by Crippen LogP contribution is -2.45. The number of hydrogen-bond acceptors (Lipinski definition) is 5. The lowest BCUT2D eigenvalue weighted by atomic mass is 10.0. The van der Waals surface area contributed by atoms with Crippen molar-refractivity contribution in [3.63, 3.8) is 0 Å². The van der Waals surface area contributed by atoms with E-state index in [1.165, 1.54) is 225 Å². The van der Waals surface area contributed by atoms with Gasteiger partial charge in [-0.25, -0.2) is 0 Å². The average Bonchev–Trinajstić information content (AvgIpc) is 3.29. The van der Waals surface area contributed by atoms with Crippen LogP contribution in [0.15, 0.2) is 24.3 Å². The number of allylic oxidation sites excluding steroid dienone is 3. The number of ether oxygens (including phenoxy) is 1. The lowest BCUT2D eigenvalue weighted by molar-refractivity contribution is -0.143. The zero-order valence-electron chi connectivity index (χ0n) is 43.0. The number of aliphatic hydroxyl groups is 2. The van der Waals surface area contributed by atoms with Crippen LogP contribution in [0.3, 0.4) is 0 Å². The van der Waals surface area contributed by atoms with Gasteiger partial charge in [-0.05, 0) is 57.8 Å². The maximum Gasteiger partial charge on any atom is 0.305 e. The van der Waals surface area contributed by atoms with Crippen molar-refractivity contribution >= 4 is 11.9 Å². The number of hydrogen-bond donors (Lipinski definition) is 3. The molecule has 2 atom stereocenters. The number of carbonyl (C=O) groups is 2. The van der Waals surface area contributed by atoms with Crippen LogP contribution in [0.4, 0.5) is 0 Å². The highest BCUT2D eigenvalue weighted by atomic mass is 16.5. The van der Waals surface area contributed by atoms with E-state index in [4.69, 9.17) is 4.74 Å². The topological polar surface area (TPSA) is 95.9 Å². The third-order valence-electron chi connectivity index (χ3n) is 13.2. The fourth-order valence-electron chi connectivity index (χ4n) is 8.81. The maximum atomic E-state index is 12.5. The molecule has 0 heterocycles. The molecule has 0 spiro atoms. The molecule has 0 aliphatic carbocycles. The molecule has 0 saturated heterocycles. The Morgan fingerprint density at radius 2 is 0.734 bits per heavy atom. The number of rotatable bonds is 53.